The SMILES string of the molecule is [3H]C([3H])([3H])C([3H])([3H])Cn1c(=O)c2[nH]c(-c3ccc(OCC(=O)Nc4ccc(C#N)cc4)cc3)nc2n(CC([3H])([3H])C([3H])([3H])[3H])c1=O. The van der Waals surface area contributed by atoms with Gasteiger partial charge in [-0.05, 0) is 61.3 Å². The van der Waals surface area contributed by atoms with E-state index in [9.17, 15) is 14.4 Å². The molecule has 0 fully saturated rings. The first kappa shape index (κ1) is 14.7. The summed E-state index contributed by atoms with van der Waals surface area (Å²) in [4.78, 5) is 45.9. The van der Waals surface area contributed by atoms with Gasteiger partial charge in [0.1, 0.15) is 17.1 Å². The van der Waals surface area contributed by atoms with Crippen molar-refractivity contribution in [3.05, 3.63) is 74.9 Å². The number of rotatable bonds is 9. The number of carbonyl (C=O) groups is 1. The van der Waals surface area contributed by atoms with Crippen molar-refractivity contribution in [3.63, 3.8) is 0 Å². The zero-order valence-corrected chi connectivity index (χ0v) is 18.7. The van der Waals surface area contributed by atoms with Crippen molar-refractivity contribution in [3.8, 4) is 23.2 Å². The minimum Gasteiger partial charge on any atom is -0.484 e. The molecular weight excluding hydrogens is 460 g/mol. The summed E-state index contributed by atoms with van der Waals surface area (Å²) >= 11 is 0. The predicted molar refractivity (Wildman–Crippen MR) is 136 cm³/mol. The number of hydrogen-bond donors (Lipinski definition) is 2. The number of H-pyrrole nitrogens is 1. The number of nitrogens with zero attached hydrogens (tertiary/aromatic N) is 4. The van der Waals surface area contributed by atoms with Gasteiger partial charge in [0, 0.05) is 38.0 Å². The molecule has 0 spiro atoms. The predicted octanol–water partition coefficient (Wildman–Crippen LogP) is 3.26. The van der Waals surface area contributed by atoms with Gasteiger partial charge in [-0.2, -0.15) is 5.26 Å². The standard InChI is InChI=1S/C26H26N6O4/c1-3-13-31-24-22(25(34)32(14-4-2)26(31)35)29-23(30-24)18-7-11-20(12-8-18)36-16-21(33)28-19-9-5-17(15-27)6-10-19/h5-12H,3-4,13-14,16H2,1-2H3,(H,28,33)(H,29,30)/i1T3,2T3,3T2,4T2. The first-order chi connectivity index (χ1) is 21.2. The number of hydrogen-bond acceptors (Lipinski definition) is 6. The van der Waals surface area contributed by atoms with Gasteiger partial charge >= 0.3 is 5.69 Å². The molecule has 0 radical (unpaired) electrons. The van der Waals surface area contributed by atoms with Crippen LogP contribution in [0.1, 0.15) is 45.7 Å². The molecule has 0 unspecified atom stereocenters. The first-order valence-electron chi connectivity index (χ1n) is 15.5. The summed E-state index contributed by atoms with van der Waals surface area (Å²) < 4.78 is 83.2. The van der Waals surface area contributed by atoms with Crippen LogP contribution in [0.2, 0.25) is 0 Å². The van der Waals surface area contributed by atoms with E-state index in [1.807, 2.05) is 6.07 Å². The molecule has 10 heteroatoms. The van der Waals surface area contributed by atoms with E-state index in [-0.39, 0.29) is 22.7 Å². The number of amides is 1. The van der Waals surface area contributed by atoms with Crippen LogP contribution in [-0.2, 0) is 17.9 Å². The van der Waals surface area contributed by atoms with Crippen molar-refractivity contribution >= 4 is 22.8 Å². The molecule has 0 aliphatic heterocycles. The maximum atomic E-state index is 13.4. The number of imidazole rings is 1. The van der Waals surface area contributed by atoms with E-state index in [4.69, 9.17) is 23.7 Å². The van der Waals surface area contributed by atoms with Gasteiger partial charge in [-0.25, -0.2) is 9.78 Å². The van der Waals surface area contributed by atoms with Crippen molar-refractivity contribution in [2.75, 3.05) is 11.9 Å². The fourth-order valence-electron chi connectivity index (χ4n) is 3.43. The van der Waals surface area contributed by atoms with Crippen molar-refractivity contribution in [2.45, 2.75) is 39.5 Å². The van der Waals surface area contributed by atoms with Gasteiger partial charge in [-0.3, -0.25) is 18.7 Å². The third kappa shape index (κ3) is 5.05. The monoisotopic (exact) mass is 506 g/mol. The van der Waals surface area contributed by atoms with Crippen LogP contribution in [0.3, 0.4) is 0 Å². The van der Waals surface area contributed by atoms with E-state index in [0.717, 1.165) is 0 Å². The summed E-state index contributed by atoms with van der Waals surface area (Å²) in [5, 5.41) is 11.5. The van der Waals surface area contributed by atoms with Crippen molar-refractivity contribution in [2.24, 2.45) is 0 Å². The minimum atomic E-state index is -3.24. The van der Waals surface area contributed by atoms with E-state index in [2.05, 4.69) is 15.3 Å². The lowest BCUT2D eigenvalue weighted by Gasteiger charge is -2.09. The van der Waals surface area contributed by atoms with Crippen LogP contribution < -0.4 is 21.3 Å². The summed E-state index contributed by atoms with van der Waals surface area (Å²) in [5.41, 5.74) is -2.12. The summed E-state index contributed by atoms with van der Waals surface area (Å²) in [6.45, 7) is -9.14. The number of benzene rings is 2. The van der Waals surface area contributed by atoms with Crippen LogP contribution in [0, 0.1) is 11.3 Å². The zero-order valence-electron chi connectivity index (χ0n) is 28.7. The maximum absolute atomic E-state index is 13.4. The van der Waals surface area contributed by atoms with E-state index in [0.29, 0.717) is 21.4 Å². The number of aromatic amines is 1. The number of carbonyl (C=O) groups excluding carboxylic acids is 1. The summed E-state index contributed by atoms with van der Waals surface area (Å²) in [6, 6.07) is 14.1. The van der Waals surface area contributed by atoms with E-state index >= 15 is 0 Å². The lowest BCUT2D eigenvalue weighted by atomic mass is 10.2. The highest BCUT2D eigenvalue weighted by molar-refractivity contribution is 5.91. The number of fused-ring (bicyclic) bond motifs is 1. The van der Waals surface area contributed by atoms with Crippen LogP contribution in [0.15, 0.2) is 58.1 Å². The number of ether oxygens (including phenoxy) is 1. The Morgan fingerprint density at radius 2 is 1.81 bits per heavy atom. The second-order valence-electron chi connectivity index (χ2n) is 7.45. The van der Waals surface area contributed by atoms with Gasteiger partial charge in [0.2, 0.25) is 0 Å². The Kier molecular flexibility index (Phi) is 4.38. The molecule has 0 bridgehead atoms. The van der Waals surface area contributed by atoms with Crippen LogP contribution in [-0.4, -0.2) is 31.6 Å². The second-order valence-corrected chi connectivity index (χ2v) is 7.45. The minimum absolute atomic E-state index is 0.0172. The molecule has 0 saturated heterocycles. The number of nitrogens with one attached hydrogen (secondary N) is 2. The Labute approximate surface area is 220 Å². The molecule has 0 aliphatic carbocycles. The molecule has 0 atom stereocenters. The van der Waals surface area contributed by atoms with Crippen molar-refractivity contribution < 1.29 is 23.2 Å². The highest BCUT2D eigenvalue weighted by atomic mass is 16.5. The normalized spacial score (nSPS) is 16.4. The van der Waals surface area contributed by atoms with E-state index < -0.39 is 67.9 Å². The smallest absolute Gasteiger partial charge is 0.332 e. The van der Waals surface area contributed by atoms with Crippen molar-refractivity contribution in [1.29, 1.82) is 5.26 Å². The topological polar surface area (TPSA) is 135 Å². The quantitative estimate of drug-likeness (QED) is 0.358. The highest BCUT2D eigenvalue weighted by Crippen LogP contribution is 2.22. The Morgan fingerprint density at radius 3 is 2.47 bits per heavy atom. The van der Waals surface area contributed by atoms with Crippen LogP contribution in [0.5, 0.6) is 5.75 Å². The average Bonchev–Trinajstić information content (AvgIpc) is 3.42. The number of aryl methyl sites for hydroxylation is 1. The van der Waals surface area contributed by atoms with Gasteiger partial charge in [-0.1, -0.05) is 13.7 Å². The Hall–Kier alpha value is -4.65. The molecule has 4 aromatic rings. The lowest BCUT2D eigenvalue weighted by Crippen LogP contribution is -2.40. The molecule has 36 heavy (non-hydrogen) atoms. The molecule has 2 aromatic heterocycles. The van der Waals surface area contributed by atoms with Crippen LogP contribution in [0.4, 0.5) is 5.69 Å². The van der Waals surface area contributed by atoms with Gasteiger partial charge in [0.25, 0.3) is 11.5 Å². The first-order valence-corrected chi connectivity index (χ1v) is 10.5. The number of aromatic nitrogens is 4. The molecule has 2 N–H and O–H groups in total. The number of nitriles is 1. The Balaban J connectivity index is 1.66. The molecule has 4 rings (SSSR count). The molecule has 1 amide bonds. The van der Waals surface area contributed by atoms with E-state index in [1.165, 1.54) is 24.3 Å². The van der Waals surface area contributed by atoms with Gasteiger partial charge in [-0.15, -0.1) is 0 Å². The van der Waals surface area contributed by atoms with Gasteiger partial charge in [0.05, 0.1) is 11.6 Å². The zero-order chi connectivity index (χ0) is 34.2. The Morgan fingerprint density at radius 1 is 1.11 bits per heavy atom. The molecular formula is C26H26N6O4. The molecule has 2 heterocycles. The molecule has 0 saturated carbocycles. The third-order valence-electron chi connectivity index (χ3n) is 5.13. The summed E-state index contributed by atoms with van der Waals surface area (Å²) in [5.74, 6) is -0.219. The van der Waals surface area contributed by atoms with Crippen molar-refractivity contribution in [1.82, 2.24) is 19.1 Å². The second kappa shape index (κ2) is 10.7. The largest absolute Gasteiger partial charge is 0.484 e. The highest BCUT2D eigenvalue weighted by Gasteiger charge is 2.17. The third-order valence-corrected chi connectivity index (χ3v) is 5.13. The van der Waals surface area contributed by atoms with E-state index in [1.54, 1.807) is 24.3 Å². The summed E-state index contributed by atoms with van der Waals surface area (Å²) in [6.07, 6.45) is -6.05. The fraction of sp³-hybridized carbons (Fsp3) is 0.269. The maximum Gasteiger partial charge on any atom is 0.332 e. The molecule has 10 nitrogen and oxygen atoms in total. The molecule has 184 valence electrons. The molecule has 0 aliphatic rings. The van der Waals surface area contributed by atoms with Gasteiger partial charge in [0.15, 0.2) is 12.3 Å². The Bertz CT molecular complexity index is 1920. The summed E-state index contributed by atoms with van der Waals surface area (Å²) in [7, 11) is 0. The van der Waals surface area contributed by atoms with Gasteiger partial charge < -0.3 is 15.0 Å². The van der Waals surface area contributed by atoms with Crippen LogP contribution >= 0.6 is 0 Å². The average molecular weight is 507 g/mol. The molecule has 2 aromatic carbocycles. The fourth-order valence-corrected chi connectivity index (χ4v) is 3.43. The van der Waals surface area contributed by atoms with Crippen LogP contribution in [0.25, 0.3) is 22.6 Å². The number of anilines is 1. The lowest BCUT2D eigenvalue weighted by molar-refractivity contribution is -0.118.